The van der Waals surface area contributed by atoms with Crippen molar-refractivity contribution in [1.29, 1.82) is 0 Å². The van der Waals surface area contributed by atoms with Gasteiger partial charge in [0.05, 0.1) is 7.11 Å². The maximum Gasteiger partial charge on any atom is 0.118 e. The third-order valence-electron chi connectivity index (χ3n) is 3.00. The van der Waals surface area contributed by atoms with E-state index in [-0.39, 0.29) is 0 Å². The minimum Gasteiger partial charge on any atom is -0.497 e. The van der Waals surface area contributed by atoms with Gasteiger partial charge in [-0.1, -0.05) is 53.2 Å². The van der Waals surface area contributed by atoms with Gasteiger partial charge in [0, 0.05) is 5.56 Å². The zero-order valence-electron chi connectivity index (χ0n) is 11.6. The highest BCUT2D eigenvalue weighted by atomic mass is 16.5. The van der Waals surface area contributed by atoms with Crippen LogP contribution < -0.4 is 4.74 Å². The lowest BCUT2D eigenvalue weighted by Crippen LogP contribution is -1.96. The number of ether oxygens (including phenoxy) is 1. The van der Waals surface area contributed by atoms with Gasteiger partial charge in [-0.15, -0.1) is 0 Å². The van der Waals surface area contributed by atoms with E-state index in [1.165, 1.54) is 5.56 Å². The normalized spacial score (nSPS) is 11.8. The fourth-order valence-corrected chi connectivity index (χ4v) is 1.80. The number of nitrogens with zero attached hydrogens (tertiary/aromatic N) is 1. The molecule has 0 saturated carbocycles. The summed E-state index contributed by atoms with van der Waals surface area (Å²) >= 11 is 0. The van der Waals surface area contributed by atoms with Crippen LogP contribution in [0.25, 0.3) is 6.08 Å². The van der Waals surface area contributed by atoms with Gasteiger partial charge in [-0.05, 0) is 30.7 Å². The van der Waals surface area contributed by atoms with Gasteiger partial charge in [-0.2, -0.15) is 0 Å². The molecule has 0 radical (unpaired) electrons. The van der Waals surface area contributed by atoms with Gasteiger partial charge < -0.3 is 9.94 Å². The van der Waals surface area contributed by atoms with Crippen molar-refractivity contribution in [3.8, 4) is 5.75 Å². The van der Waals surface area contributed by atoms with Crippen molar-refractivity contribution < 1.29 is 9.94 Å². The van der Waals surface area contributed by atoms with Crippen LogP contribution in [0.2, 0.25) is 0 Å². The van der Waals surface area contributed by atoms with Crippen molar-refractivity contribution in [3.63, 3.8) is 0 Å². The number of rotatable bonds is 4. The first-order chi connectivity index (χ1) is 9.72. The average Bonchev–Trinajstić information content (AvgIpc) is 2.50. The molecule has 0 unspecified atom stereocenters. The van der Waals surface area contributed by atoms with Crippen molar-refractivity contribution in [1.82, 2.24) is 0 Å². The molecular formula is C17H17NO2. The van der Waals surface area contributed by atoms with Crippen LogP contribution in [0, 0.1) is 6.92 Å². The second-order valence-corrected chi connectivity index (χ2v) is 4.46. The topological polar surface area (TPSA) is 41.8 Å². The highest BCUT2D eigenvalue weighted by molar-refractivity contribution is 6.10. The zero-order valence-corrected chi connectivity index (χ0v) is 11.6. The van der Waals surface area contributed by atoms with E-state index >= 15 is 0 Å². The Morgan fingerprint density at radius 1 is 1.05 bits per heavy atom. The van der Waals surface area contributed by atoms with Gasteiger partial charge in [-0.3, -0.25) is 0 Å². The fourth-order valence-electron chi connectivity index (χ4n) is 1.80. The maximum absolute atomic E-state index is 9.13. The van der Waals surface area contributed by atoms with Crippen LogP contribution in [0.15, 0.2) is 59.8 Å². The molecule has 0 fully saturated rings. The van der Waals surface area contributed by atoms with Crippen LogP contribution in [0.3, 0.4) is 0 Å². The Labute approximate surface area is 118 Å². The summed E-state index contributed by atoms with van der Waals surface area (Å²) in [6.07, 6.45) is 3.68. The summed E-state index contributed by atoms with van der Waals surface area (Å²) in [6.45, 7) is 2.02. The molecule has 0 aliphatic carbocycles. The summed E-state index contributed by atoms with van der Waals surface area (Å²) in [5, 5.41) is 12.5. The Morgan fingerprint density at radius 3 is 2.25 bits per heavy atom. The Morgan fingerprint density at radius 2 is 1.70 bits per heavy atom. The van der Waals surface area contributed by atoms with Gasteiger partial charge in [0.1, 0.15) is 11.5 Å². The number of hydrogen-bond acceptors (Lipinski definition) is 3. The molecule has 3 nitrogen and oxygen atoms in total. The summed E-state index contributed by atoms with van der Waals surface area (Å²) in [7, 11) is 1.64. The molecule has 2 aromatic carbocycles. The first-order valence-electron chi connectivity index (χ1n) is 6.34. The summed E-state index contributed by atoms with van der Waals surface area (Å²) in [5.41, 5.74) is 3.59. The quantitative estimate of drug-likeness (QED) is 0.518. The molecule has 2 rings (SSSR count). The molecule has 0 aromatic heterocycles. The maximum atomic E-state index is 9.13. The Kier molecular flexibility index (Phi) is 4.56. The first-order valence-corrected chi connectivity index (χ1v) is 6.34. The predicted molar refractivity (Wildman–Crippen MR) is 81.5 cm³/mol. The highest BCUT2D eigenvalue weighted by Crippen LogP contribution is 2.13. The SMILES string of the molecule is COc1ccc(/C=C/C(=N\O)c2ccc(C)cc2)cc1. The summed E-state index contributed by atoms with van der Waals surface area (Å²) in [5.74, 6) is 0.816. The van der Waals surface area contributed by atoms with E-state index in [1.807, 2.05) is 61.5 Å². The standard InChI is InChI=1S/C17H17NO2/c1-13-3-8-15(9-4-13)17(18-19)12-7-14-5-10-16(20-2)11-6-14/h3-12,19H,1-2H3/b12-7+,18-17+. The third kappa shape index (κ3) is 3.48. The van der Waals surface area contributed by atoms with E-state index in [2.05, 4.69) is 5.16 Å². The molecular weight excluding hydrogens is 250 g/mol. The van der Waals surface area contributed by atoms with Crippen molar-refractivity contribution in [2.24, 2.45) is 5.16 Å². The molecule has 0 aliphatic heterocycles. The van der Waals surface area contributed by atoms with Crippen molar-refractivity contribution in [2.75, 3.05) is 7.11 Å². The molecule has 1 N–H and O–H groups in total. The number of allylic oxidation sites excluding steroid dienone is 1. The molecule has 3 heteroatoms. The van der Waals surface area contributed by atoms with E-state index in [4.69, 9.17) is 9.94 Å². The number of oxime groups is 1. The molecule has 0 heterocycles. The van der Waals surface area contributed by atoms with E-state index in [9.17, 15) is 0 Å². The molecule has 0 saturated heterocycles. The Hall–Kier alpha value is -2.55. The van der Waals surface area contributed by atoms with Crippen molar-refractivity contribution in [2.45, 2.75) is 6.92 Å². The summed E-state index contributed by atoms with van der Waals surface area (Å²) in [6, 6.07) is 15.5. The van der Waals surface area contributed by atoms with Crippen LogP contribution >= 0.6 is 0 Å². The predicted octanol–water partition coefficient (Wildman–Crippen LogP) is 3.90. The van der Waals surface area contributed by atoms with Gasteiger partial charge in [0.25, 0.3) is 0 Å². The minimum atomic E-state index is 0.529. The largest absolute Gasteiger partial charge is 0.497 e. The summed E-state index contributed by atoms with van der Waals surface area (Å²) in [4.78, 5) is 0. The van der Waals surface area contributed by atoms with Crippen LogP contribution in [0.1, 0.15) is 16.7 Å². The van der Waals surface area contributed by atoms with Gasteiger partial charge in [-0.25, -0.2) is 0 Å². The molecule has 0 amide bonds. The van der Waals surface area contributed by atoms with Crippen LogP contribution in [0.5, 0.6) is 5.75 Å². The van der Waals surface area contributed by atoms with Crippen molar-refractivity contribution >= 4 is 11.8 Å². The van der Waals surface area contributed by atoms with Gasteiger partial charge in [0.2, 0.25) is 0 Å². The number of benzene rings is 2. The van der Waals surface area contributed by atoms with Crippen molar-refractivity contribution in [3.05, 3.63) is 71.3 Å². The number of methoxy groups -OCH3 is 1. The lowest BCUT2D eigenvalue weighted by Gasteiger charge is -2.01. The minimum absolute atomic E-state index is 0.529. The molecule has 0 spiro atoms. The van der Waals surface area contributed by atoms with Gasteiger partial charge in [0.15, 0.2) is 0 Å². The van der Waals surface area contributed by atoms with E-state index < -0.39 is 0 Å². The van der Waals surface area contributed by atoms with E-state index in [1.54, 1.807) is 13.2 Å². The van der Waals surface area contributed by atoms with E-state index in [0.29, 0.717) is 5.71 Å². The second-order valence-electron chi connectivity index (χ2n) is 4.46. The molecule has 0 atom stereocenters. The van der Waals surface area contributed by atoms with Gasteiger partial charge >= 0.3 is 0 Å². The lowest BCUT2D eigenvalue weighted by atomic mass is 10.1. The highest BCUT2D eigenvalue weighted by Gasteiger charge is 2.00. The summed E-state index contributed by atoms with van der Waals surface area (Å²) < 4.78 is 5.11. The number of aryl methyl sites for hydroxylation is 1. The third-order valence-corrected chi connectivity index (χ3v) is 3.00. The van der Waals surface area contributed by atoms with Crippen LogP contribution in [0.4, 0.5) is 0 Å². The molecule has 2 aromatic rings. The van der Waals surface area contributed by atoms with E-state index in [0.717, 1.165) is 16.9 Å². The molecule has 102 valence electrons. The molecule has 20 heavy (non-hydrogen) atoms. The molecule has 0 aliphatic rings. The fraction of sp³-hybridized carbons (Fsp3) is 0.118. The zero-order chi connectivity index (χ0) is 14.4. The smallest absolute Gasteiger partial charge is 0.118 e. The monoisotopic (exact) mass is 267 g/mol. The second kappa shape index (κ2) is 6.57. The Bertz CT molecular complexity index is 610. The van der Waals surface area contributed by atoms with Crippen LogP contribution in [-0.4, -0.2) is 18.0 Å². The Balaban J connectivity index is 2.17. The lowest BCUT2D eigenvalue weighted by molar-refractivity contribution is 0.320. The number of hydrogen-bond donors (Lipinski definition) is 1. The average molecular weight is 267 g/mol. The van der Waals surface area contributed by atoms with Crippen LogP contribution in [-0.2, 0) is 0 Å². The molecule has 0 bridgehead atoms. The first kappa shape index (κ1) is 13.9.